The molecule has 1 fully saturated rings. The molecular formula is C13H20N2O. The summed E-state index contributed by atoms with van der Waals surface area (Å²) in [4.78, 5) is 4.30. The highest BCUT2D eigenvalue weighted by molar-refractivity contribution is 5.05. The van der Waals surface area contributed by atoms with Crippen molar-refractivity contribution in [3.63, 3.8) is 0 Å². The summed E-state index contributed by atoms with van der Waals surface area (Å²) in [5.74, 6) is 0. The van der Waals surface area contributed by atoms with Crippen molar-refractivity contribution in [1.29, 1.82) is 0 Å². The molecule has 1 saturated heterocycles. The van der Waals surface area contributed by atoms with Gasteiger partial charge in [0.1, 0.15) is 0 Å². The molecule has 1 aliphatic heterocycles. The molecule has 0 bridgehead atoms. The van der Waals surface area contributed by atoms with E-state index >= 15 is 0 Å². The quantitative estimate of drug-likeness (QED) is 0.845. The number of nitrogens with one attached hydrogen (secondary N) is 1. The number of piperidine rings is 1. The van der Waals surface area contributed by atoms with Crippen LogP contribution in [-0.4, -0.2) is 24.2 Å². The van der Waals surface area contributed by atoms with Crippen molar-refractivity contribution in [2.24, 2.45) is 0 Å². The van der Waals surface area contributed by atoms with Gasteiger partial charge in [-0.3, -0.25) is 4.98 Å². The van der Waals surface area contributed by atoms with Crippen molar-refractivity contribution >= 4 is 0 Å². The Morgan fingerprint density at radius 3 is 3.12 bits per heavy atom. The number of ether oxygens (including phenoxy) is 1. The van der Waals surface area contributed by atoms with Gasteiger partial charge in [-0.15, -0.1) is 0 Å². The fourth-order valence-electron chi connectivity index (χ4n) is 2.03. The standard InChI is InChI=1S/C13H20N2O/c1-11(13-7-3-5-9-15-13)16-10-12-6-2-4-8-14-12/h3,5,7,9,11-12,14H,2,4,6,8,10H2,1H3/t11-,12+/m0/s1. The van der Waals surface area contributed by atoms with Crippen LogP contribution in [0.25, 0.3) is 0 Å². The van der Waals surface area contributed by atoms with Gasteiger partial charge in [-0.05, 0) is 38.4 Å². The van der Waals surface area contributed by atoms with E-state index in [4.69, 9.17) is 4.74 Å². The Bertz CT molecular complexity index is 296. The first-order valence-electron chi connectivity index (χ1n) is 6.12. The lowest BCUT2D eigenvalue weighted by molar-refractivity contribution is 0.0416. The van der Waals surface area contributed by atoms with Crippen molar-refractivity contribution in [3.05, 3.63) is 30.1 Å². The lowest BCUT2D eigenvalue weighted by Gasteiger charge is -2.24. The zero-order valence-electron chi connectivity index (χ0n) is 9.86. The zero-order valence-corrected chi connectivity index (χ0v) is 9.86. The van der Waals surface area contributed by atoms with Gasteiger partial charge >= 0.3 is 0 Å². The molecule has 16 heavy (non-hydrogen) atoms. The maximum atomic E-state index is 5.84. The molecule has 0 amide bonds. The second-order valence-corrected chi connectivity index (χ2v) is 4.38. The highest BCUT2D eigenvalue weighted by atomic mass is 16.5. The van der Waals surface area contributed by atoms with Crippen molar-refractivity contribution in [3.8, 4) is 0 Å². The third-order valence-electron chi connectivity index (χ3n) is 3.06. The monoisotopic (exact) mass is 220 g/mol. The van der Waals surface area contributed by atoms with E-state index in [-0.39, 0.29) is 6.10 Å². The van der Waals surface area contributed by atoms with E-state index in [9.17, 15) is 0 Å². The van der Waals surface area contributed by atoms with Crippen LogP contribution in [0.4, 0.5) is 0 Å². The van der Waals surface area contributed by atoms with E-state index in [0.29, 0.717) is 6.04 Å². The molecule has 1 aromatic rings. The van der Waals surface area contributed by atoms with E-state index in [0.717, 1.165) is 18.8 Å². The van der Waals surface area contributed by atoms with Crippen LogP contribution < -0.4 is 5.32 Å². The summed E-state index contributed by atoms with van der Waals surface area (Å²) in [6.45, 7) is 3.98. The third-order valence-corrected chi connectivity index (χ3v) is 3.06. The second kappa shape index (κ2) is 5.97. The van der Waals surface area contributed by atoms with Crippen molar-refractivity contribution in [2.45, 2.75) is 38.3 Å². The largest absolute Gasteiger partial charge is 0.371 e. The van der Waals surface area contributed by atoms with Gasteiger partial charge in [0.25, 0.3) is 0 Å². The Balaban J connectivity index is 1.77. The number of hydrogen-bond donors (Lipinski definition) is 1. The Kier molecular flexibility index (Phi) is 4.31. The minimum absolute atomic E-state index is 0.0879. The lowest BCUT2D eigenvalue weighted by atomic mass is 10.1. The Morgan fingerprint density at radius 1 is 1.50 bits per heavy atom. The molecule has 0 unspecified atom stereocenters. The van der Waals surface area contributed by atoms with Gasteiger partial charge in [-0.2, -0.15) is 0 Å². The number of hydrogen-bond acceptors (Lipinski definition) is 3. The second-order valence-electron chi connectivity index (χ2n) is 4.38. The average molecular weight is 220 g/mol. The average Bonchev–Trinajstić information content (AvgIpc) is 2.38. The van der Waals surface area contributed by atoms with Gasteiger partial charge in [0.2, 0.25) is 0 Å². The maximum absolute atomic E-state index is 5.84. The molecule has 1 aliphatic rings. The molecule has 3 heteroatoms. The van der Waals surface area contributed by atoms with E-state index in [1.807, 2.05) is 24.4 Å². The predicted molar refractivity (Wildman–Crippen MR) is 64.2 cm³/mol. The van der Waals surface area contributed by atoms with Crippen LogP contribution in [0.15, 0.2) is 24.4 Å². The summed E-state index contributed by atoms with van der Waals surface area (Å²) in [5, 5.41) is 3.48. The highest BCUT2D eigenvalue weighted by Crippen LogP contribution is 2.15. The first kappa shape index (κ1) is 11.6. The van der Waals surface area contributed by atoms with Gasteiger partial charge in [-0.1, -0.05) is 12.5 Å². The summed E-state index contributed by atoms with van der Waals surface area (Å²) >= 11 is 0. The fourth-order valence-corrected chi connectivity index (χ4v) is 2.03. The number of pyridine rings is 1. The van der Waals surface area contributed by atoms with E-state index < -0.39 is 0 Å². The summed E-state index contributed by atoms with van der Waals surface area (Å²) in [6.07, 6.45) is 5.75. The predicted octanol–water partition coefficient (Wildman–Crippen LogP) is 2.30. The maximum Gasteiger partial charge on any atom is 0.0967 e. The van der Waals surface area contributed by atoms with Gasteiger partial charge in [-0.25, -0.2) is 0 Å². The topological polar surface area (TPSA) is 34.1 Å². The minimum atomic E-state index is 0.0879. The van der Waals surface area contributed by atoms with Gasteiger partial charge in [0.15, 0.2) is 0 Å². The van der Waals surface area contributed by atoms with Gasteiger partial charge < -0.3 is 10.1 Å². The molecule has 2 rings (SSSR count). The summed E-state index contributed by atoms with van der Waals surface area (Å²) in [6, 6.07) is 6.47. The van der Waals surface area contributed by atoms with Crippen LogP contribution >= 0.6 is 0 Å². The Morgan fingerprint density at radius 2 is 2.44 bits per heavy atom. The SMILES string of the molecule is C[C@H](OC[C@H]1CCCCN1)c1ccccn1. The molecule has 3 nitrogen and oxygen atoms in total. The van der Waals surface area contributed by atoms with Crippen LogP contribution in [0.5, 0.6) is 0 Å². The van der Waals surface area contributed by atoms with Crippen molar-refractivity contribution in [1.82, 2.24) is 10.3 Å². The first-order chi connectivity index (χ1) is 7.86. The summed E-state index contributed by atoms with van der Waals surface area (Å²) < 4.78 is 5.84. The third kappa shape index (κ3) is 3.29. The fraction of sp³-hybridized carbons (Fsp3) is 0.615. The Labute approximate surface area is 97.2 Å². The van der Waals surface area contributed by atoms with Crippen LogP contribution in [0.1, 0.15) is 38.0 Å². The molecule has 1 N–H and O–H groups in total. The van der Waals surface area contributed by atoms with E-state index in [1.54, 1.807) is 0 Å². The van der Waals surface area contributed by atoms with Crippen LogP contribution in [0.3, 0.4) is 0 Å². The number of rotatable bonds is 4. The van der Waals surface area contributed by atoms with E-state index in [2.05, 4.69) is 17.2 Å². The normalized spacial score (nSPS) is 22.9. The molecule has 0 spiro atoms. The van der Waals surface area contributed by atoms with Crippen LogP contribution in [0.2, 0.25) is 0 Å². The summed E-state index contributed by atoms with van der Waals surface area (Å²) in [5.41, 5.74) is 1.01. The zero-order chi connectivity index (χ0) is 11.2. The lowest BCUT2D eigenvalue weighted by Crippen LogP contribution is -2.37. The minimum Gasteiger partial charge on any atom is -0.371 e. The van der Waals surface area contributed by atoms with E-state index in [1.165, 1.54) is 19.3 Å². The number of nitrogens with zero attached hydrogens (tertiary/aromatic N) is 1. The molecule has 0 radical (unpaired) electrons. The van der Waals surface area contributed by atoms with Crippen LogP contribution in [0, 0.1) is 0 Å². The molecular weight excluding hydrogens is 200 g/mol. The molecule has 0 aliphatic carbocycles. The molecule has 0 saturated carbocycles. The molecule has 0 aromatic carbocycles. The number of aromatic nitrogens is 1. The van der Waals surface area contributed by atoms with Crippen LogP contribution in [-0.2, 0) is 4.74 Å². The summed E-state index contributed by atoms with van der Waals surface area (Å²) in [7, 11) is 0. The first-order valence-corrected chi connectivity index (χ1v) is 6.12. The Hall–Kier alpha value is -0.930. The highest BCUT2D eigenvalue weighted by Gasteiger charge is 2.14. The van der Waals surface area contributed by atoms with Gasteiger partial charge in [0, 0.05) is 12.2 Å². The van der Waals surface area contributed by atoms with Crippen molar-refractivity contribution in [2.75, 3.05) is 13.2 Å². The smallest absolute Gasteiger partial charge is 0.0967 e. The molecule has 2 heterocycles. The van der Waals surface area contributed by atoms with Gasteiger partial charge in [0.05, 0.1) is 18.4 Å². The molecule has 88 valence electrons. The van der Waals surface area contributed by atoms with Crippen molar-refractivity contribution < 1.29 is 4.74 Å². The molecule has 1 aromatic heterocycles. The molecule has 2 atom stereocenters.